The van der Waals surface area contributed by atoms with E-state index in [1.165, 1.54) is 0 Å². The molecule has 1 unspecified atom stereocenters. The molecule has 0 bridgehead atoms. The number of nitrogen functional groups attached to an aromatic ring is 1. The number of carbonyl (C=O) groups excluding carboxylic acids is 1. The number of amides is 1. The molecule has 5 nitrogen and oxygen atoms in total. The number of benzene rings is 1. The van der Waals surface area contributed by atoms with Gasteiger partial charge >= 0.3 is 5.97 Å². The SMILES string of the molecule is Nc1ccc(C(=O)N2CCSCC2CC(=O)O)cc1Br. The molecule has 0 radical (unpaired) electrons. The maximum Gasteiger partial charge on any atom is 0.305 e. The van der Waals surface area contributed by atoms with Crippen LogP contribution in [0.2, 0.25) is 0 Å². The molecule has 20 heavy (non-hydrogen) atoms. The van der Waals surface area contributed by atoms with E-state index in [1.807, 2.05) is 0 Å². The molecule has 7 heteroatoms. The molecule has 1 saturated heterocycles. The van der Waals surface area contributed by atoms with Gasteiger partial charge < -0.3 is 15.7 Å². The van der Waals surface area contributed by atoms with Crippen molar-refractivity contribution in [3.05, 3.63) is 28.2 Å². The fourth-order valence-corrected chi connectivity index (χ4v) is 3.56. The van der Waals surface area contributed by atoms with Gasteiger partial charge in [-0.3, -0.25) is 9.59 Å². The molecule has 0 aliphatic carbocycles. The van der Waals surface area contributed by atoms with Gasteiger partial charge in [0.1, 0.15) is 0 Å². The molecule has 1 atom stereocenters. The van der Waals surface area contributed by atoms with Crippen molar-refractivity contribution in [2.75, 3.05) is 23.8 Å². The van der Waals surface area contributed by atoms with Crippen LogP contribution < -0.4 is 5.73 Å². The van der Waals surface area contributed by atoms with E-state index in [0.29, 0.717) is 28.0 Å². The van der Waals surface area contributed by atoms with Crippen molar-refractivity contribution in [2.24, 2.45) is 0 Å². The number of rotatable bonds is 3. The maximum absolute atomic E-state index is 12.5. The highest BCUT2D eigenvalue weighted by atomic mass is 79.9. The molecule has 1 aliphatic heterocycles. The Morgan fingerprint density at radius 3 is 2.90 bits per heavy atom. The Labute approximate surface area is 129 Å². The fraction of sp³-hybridized carbons (Fsp3) is 0.385. The number of halogens is 1. The lowest BCUT2D eigenvalue weighted by Gasteiger charge is -2.34. The number of anilines is 1. The van der Waals surface area contributed by atoms with E-state index in [9.17, 15) is 9.59 Å². The monoisotopic (exact) mass is 358 g/mol. The van der Waals surface area contributed by atoms with Gasteiger partial charge in [0.25, 0.3) is 5.91 Å². The lowest BCUT2D eigenvalue weighted by molar-refractivity contribution is -0.138. The zero-order chi connectivity index (χ0) is 14.7. The molecular weight excluding hydrogens is 344 g/mol. The molecule has 1 aromatic rings. The quantitative estimate of drug-likeness (QED) is 0.808. The van der Waals surface area contributed by atoms with Gasteiger partial charge in [0, 0.05) is 33.8 Å². The van der Waals surface area contributed by atoms with Crippen LogP contribution >= 0.6 is 27.7 Å². The average molecular weight is 359 g/mol. The Morgan fingerprint density at radius 2 is 2.25 bits per heavy atom. The highest BCUT2D eigenvalue weighted by Crippen LogP contribution is 2.25. The van der Waals surface area contributed by atoms with Crippen LogP contribution in [0.3, 0.4) is 0 Å². The van der Waals surface area contributed by atoms with Gasteiger partial charge in [-0.15, -0.1) is 0 Å². The second kappa shape index (κ2) is 6.49. The van der Waals surface area contributed by atoms with Crippen LogP contribution in [0, 0.1) is 0 Å². The normalized spacial score (nSPS) is 18.9. The van der Waals surface area contributed by atoms with Crippen molar-refractivity contribution in [1.29, 1.82) is 0 Å². The van der Waals surface area contributed by atoms with Crippen LogP contribution in [0.15, 0.2) is 22.7 Å². The number of nitrogens with two attached hydrogens (primary N) is 1. The van der Waals surface area contributed by atoms with Crippen LogP contribution in [0.4, 0.5) is 5.69 Å². The summed E-state index contributed by atoms with van der Waals surface area (Å²) in [6, 6.07) is 4.76. The minimum atomic E-state index is -0.881. The lowest BCUT2D eigenvalue weighted by atomic mass is 10.1. The first-order chi connectivity index (χ1) is 9.49. The Bertz CT molecular complexity index is 538. The summed E-state index contributed by atoms with van der Waals surface area (Å²) < 4.78 is 0.671. The fourth-order valence-electron chi connectivity index (χ4n) is 2.12. The lowest BCUT2D eigenvalue weighted by Crippen LogP contribution is -2.47. The molecule has 1 aromatic carbocycles. The summed E-state index contributed by atoms with van der Waals surface area (Å²) in [7, 11) is 0. The highest BCUT2D eigenvalue weighted by Gasteiger charge is 2.29. The minimum absolute atomic E-state index is 0.0190. The zero-order valence-corrected chi connectivity index (χ0v) is 13.1. The molecular formula is C13H15BrN2O3S. The number of aliphatic carboxylic acids is 1. The summed E-state index contributed by atoms with van der Waals surface area (Å²) >= 11 is 4.98. The van der Waals surface area contributed by atoms with Crippen molar-refractivity contribution >= 4 is 45.3 Å². The van der Waals surface area contributed by atoms with E-state index in [2.05, 4.69) is 15.9 Å². The van der Waals surface area contributed by atoms with Crippen molar-refractivity contribution in [3.8, 4) is 0 Å². The van der Waals surface area contributed by atoms with Crippen LogP contribution in [0.1, 0.15) is 16.8 Å². The number of carboxylic acids is 1. The predicted molar refractivity (Wildman–Crippen MR) is 83.0 cm³/mol. The second-order valence-corrected chi connectivity index (χ2v) is 6.57. The van der Waals surface area contributed by atoms with E-state index in [4.69, 9.17) is 10.8 Å². The average Bonchev–Trinajstić information content (AvgIpc) is 2.41. The number of carbonyl (C=O) groups is 2. The van der Waals surface area contributed by atoms with Gasteiger partial charge in [-0.1, -0.05) is 0 Å². The summed E-state index contributed by atoms with van der Waals surface area (Å²) in [5.74, 6) is 0.470. The molecule has 108 valence electrons. The van der Waals surface area contributed by atoms with Crippen molar-refractivity contribution in [2.45, 2.75) is 12.5 Å². The van der Waals surface area contributed by atoms with Gasteiger partial charge in [-0.2, -0.15) is 11.8 Å². The first kappa shape index (κ1) is 15.2. The summed E-state index contributed by atoms with van der Waals surface area (Å²) in [5.41, 5.74) is 6.80. The predicted octanol–water partition coefficient (Wildman–Crippen LogP) is 2.06. The first-order valence-corrected chi connectivity index (χ1v) is 8.09. The third-order valence-electron chi connectivity index (χ3n) is 3.15. The summed E-state index contributed by atoms with van der Waals surface area (Å²) in [6.07, 6.45) is -0.0190. The van der Waals surface area contributed by atoms with E-state index in [1.54, 1.807) is 34.9 Å². The smallest absolute Gasteiger partial charge is 0.305 e. The van der Waals surface area contributed by atoms with Gasteiger partial charge in [-0.25, -0.2) is 0 Å². The topological polar surface area (TPSA) is 83.6 Å². The van der Waals surface area contributed by atoms with E-state index < -0.39 is 5.97 Å². The van der Waals surface area contributed by atoms with E-state index in [0.717, 1.165) is 5.75 Å². The molecule has 1 aliphatic rings. The first-order valence-electron chi connectivity index (χ1n) is 6.14. The Hall–Kier alpha value is -1.21. The third-order valence-corrected chi connectivity index (χ3v) is 4.92. The zero-order valence-electron chi connectivity index (χ0n) is 10.7. The van der Waals surface area contributed by atoms with E-state index in [-0.39, 0.29) is 18.4 Å². The molecule has 3 N–H and O–H groups in total. The Morgan fingerprint density at radius 1 is 1.50 bits per heavy atom. The minimum Gasteiger partial charge on any atom is -0.481 e. The maximum atomic E-state index is 12.5. The Balaban J connectivity index is 2.20. The Kier molecular flexibility index (Phi) is 4.93. The number of carboxylic acid groups (broad SMARTS) is 1. The number of hydrogen-bond donors (Lipinski definition) is 2. The molecule has 1 heterocycles. The van der Waals surface area contributed by atoms with Crippen LogP contribution in [0.25, 0.3) is 0 Å². The molecule has 0 aromatic heterocycles. The standard InChI is InChI=1S/C13H15BrN2O3S/c14-10-5-8(1-2-11(10)15)13(19)16-3-4-20-7-9(16)6-12(17)18/h1-2,5,9H,3-4,6-7,15H2,(H,17,18). The molecule has 2 rings (SSSR count). The van der Waals surface area contributed by atoms with Crippen LogP contribution in [-0.2, 0) is 4.79 Å². The summed E-state index contributed by atoms with van der Waals surface area (Å²) in [6.45, 7) is 0.573. The van der Waals surface area contributed by atoms with Gasteiger partial charge in [-0.05, 0) is 34.1 Å². The second-order valence-electron chi connectivity index (χ2n) is 4.56. The van der Waals surface area contributed by atoms with Crippen LogP contribution in [-0.4, -0.2) is 46.0 Å². The summed E-state index contributed by atoms with van der Waals surface area (Å²) in [4.78, 5) is 25.1. The molecule has 1 fully saturated rings. The third kappa shape index (κ3) is 3.46. The van der Waals surface area contributed by atoms with Gasteiger partial charge in [0.05, 0.1) is 12.5 Å². The van der Waals surface area contributed by atoms with Crippen LogP contribution in [0.5, 0.6) is 0 Å². The molecule has 0 spiro atoms. The molecule has 0 saturated carbocycles. The van der Waals surface area contributed by atoms with E-state index >= 15 is 0 Å². The number of thioether (sulfide) groups is 1. The number of nitrogens with zero attached hydrogens (tertiary/aromatic N) is 1. The van der Waals surface area contributed by atoms with Crippen molar-refractivity contribution in [3.63, 3.8) is 0 Å². The van der Waals surface area contributed by atoms with Gasteiger partial charge in [0.15, 0.2) is 0 Å². The molecule has 1 amide bonds. The van der Waals surface area contributed by atoms with Crippen molar-refractivity contribution < 1.29 is 14.7 Å². The van der Waals surface area contributed by atoms with Gasteiger partial charge in [0.2, 0.25) is 0 Å². The highest BCUT2D eigenvalue weighted by molar-refractivity contribution is 9.10. The summed E-state index contributed by atoms with van der Waals surface area (Å²) in [5, 5.41) is 8.95. The largest absolute Gasteiger partial charge is 0.481 e. The number of hydrogen-bond acceptors (Lipinski definition) is 4. The van der Waals surface area contributed by atoms with Crippen molar-refractivity contribution in [1.82, 2.24) is 4.90 Å².